The Hall–Kier alpha value is -3.18. The lowest BCUT2D eigenvalue weighted by Gasteiger charge is -2.10. The van der Waals surface area contributed by atoms with Crippen LogP contribution in [-0.4, -0.2) is 33.9 Å². The Balaban J connectivity index is 1.76. The maximum absolute atomic E-state index is 12.4. The zero-order valence-corrected chi connectivity index (χ0v) is 16.2. The van der Waals surface area contributed by atoms with E-state index in [2.05, 4.69) is 19.4 Å². The van der Waals surface area contributed by atoms with Crippen molar-refractivity contribution in [1.82, 2.24) is 9.97 Å². The number of aromatic nitrogens is 2. The molecule has 0 spiro atoms. The molecule has 0 bridgehead atoms. The third kappa shape index (κ3) is 4.56. The van der Waals surface area contributed by atoms with Gasteiger partial charge >= 0.3 is 0 Å². The van der Waals surface area contributed by atoms with Gasteiger partial charge in [-0.25, -0.2) is 31.5 Å². The molecule has 2 aromatic carbocycles. The van der Waals surface area contributed by atoms with Gasteiger partial charge in [-0.05, 0) is 54.6 Å². The lowest BCUT2D eigenvalue weighted by molar-refractivity contribution is 0.414. The number of ether oxygens (including phenoxy) is 1. The SMILES string of the molecule is COc1ccc(S(=O)(=O)Nc2ccc(S(=O)(=O)Nc3ncccn3)cc2)cc1. The van der Waals surface area contributed by atoms with Crippen molar-refractivity contribution in [2.45, 2.75) is 9.79 Å². The first-order chi connectivity index (χ1) is 13.3. The van der Waals surface area contributed by atoms with Crippen molar-refractivity contribution in [2.24, 2.45) is 0 Å². The Morgan fingerprint density at radius 1 is 0.750 bits per heavy atom. The van der Waals surface area contributed by atoms with Gasteiger partial charge in [0.25, 0.3) is 20.0 Å². The summed E-state index contributed by atoms with van der Waals surface area (Å²) in [5, 5.41) is 0. The van der Waals surface area contributed by atoms with E-state index in [0.717, 1.165) is 0 Å². The molecule has 0 fully saturated rings. The molecule has 9 nitrogen and oxygen atoms in total. The Bertz CT molecular complexity index is 1150. The van der Waals surface area contributed by atoms with Crippen LogP contribution in [0, 0.1) is 0 Å². The maximum Gasteiger partial charge on any atom is 0.264 e. The third-order valence-electron chi connectivity index (χ3n) is 3.58. The molecule has 0 amide bonds. The molecule has 3 rings (SSSR count). The Morgan fingerprint density at radius 3 is 1.79 bits per heavy atom. The molecular weight excluding hydrogens is 404 g/mol. The standard InChI is InChI=1S/C17H16N4O5S2/c1-26-14-5-9-16(10-6-14)27(22,23)20-13-3-7-15(8-4-13)28(24,25)21-17-18-11-2-12-19-17/h2-12,20H,1H3,(H,18,19,21). The monoisotopic (exact) mass is 420 g/mol. The molecule has 1 aromatic heterocycles. The van der Waals surface area contributed by atoms with E-state index in [9.17, 15) is 16.8 Å². The average Bonchev–Trinajstić information content (AvgIpc) is 2.68. The molecule has 0 radical (unpaired) electrons. The van der Waals surface area contributed by atoms with Crippen LogP contribution in [0.1, 0.15) is 0 Å². The fourth-order valence-electron chi connectivity index (χ4n) is 2.20. The lowest BCUT2D eigenvalue weighted by Crippen LogP contribution is -2.15. The van der Waals surface area contributed by atoms with Gasteiger partial charge in [-0.1, -0.05) is 0 Å². The van der Waals surface area contributed by atoms with Crippen molar-refractivity contribution in [3.63, 3.8) is 0 Å². The second kappa shape index (κ2) is 7.82. The molecule has 146 valence electrons. The van der Waals surface area contributed by atoms with E-state index in [-0.39, 0.29) is 21.4 Å². The normalized spacial score (nSPS) is 11.6. The number of benzene rings is 2. The summed E-state index contributed by atoms with van der Waals surface area (Å²) in [4.78, 5) is 7.59. The quantitative estimate of drug-likeness (QED) is 0.599. The first kappa shape index (κ1) is 19.6. The van der Waals surface area contributed by atoms with Crippen LogP contribution in [0.4, 0.5) is 11.6 Å². The summed E-state index contributed by atoms with van der Waals surface area (Å²) >= 11 is 0. The summed E-state index contributed by atoms with van der Waals surface area (Å²) in [7, 11) is -6.24. The van der Waals surface area contributed by atoms with Gasteiger partial charge in [0, 0.05) is 18.1 Å². The number of anilines is 2. The van der Waals surface area contributed by atoms with Crippen molar-refractivity contribution >= 4 is 31.7 Å². The molecule has 0 aliphatic rings. The number of sulfonamides is 2. The van der Waals surface area contributed by atoms with Gasteiger partial charge in [-0.2, -0.15) is 0 Å². The van der Waals surface area contributed by atoms with Gasteiger partial charge in [0.2, 0.25) is 5.95 Å². The number of nitrogens with one attached hydrogen (secondary N) is 2. The van der Waals surface area contributed by atoms with Crippen molar-refractivity contribution in [2.75, 3.05) is 16.6 Å². The zero-order chi connectivity index (χ0) is 20.2. The molecule has 0 saturated carbocycles. The Morgan fingerprint density at radius 2 is 1.25 bits per heavy atom. The van der Waals surface area contributed by atoms with Crippen molar-refractivity contribution in [3.8, 4) is 5.75 Å². The summed E-state index contributed by atoms with van der Waals surface area (Å²) in [6, 6.07) is 12.7. The van der Waals surface area contributed by atoms with E-state index in [1.165, 1.54) is 68.0 Å². The summed E-state index contributed by atoms with van der Waals surface area (Å²) in [5.41, 5.74) is 0.214. The van der Waals surface area contributed by atoms with E-state index in [1.54, 1.807) is 6.07 Å². The molecule has 0 aliphatic heterocycles. The lowest BCUT2D eigenvalue weighted by atomic mass is 10.3. The minimum absolute atomic E-state index is 0.0490. The number of nitrogens with zero attached hydrogens (tertiary/aromatic N) is 2. The number of hydrogen-bond acceptors (Lipinski definition) is 7. The highest BCUT2D eigenvalue weighted by molar-refractivity contribution is 7.93. The number of rotatable bonds is 7. The number of methoxy groups -OCH3 is 1. The van der Waals surface area contributed by atoms with Crippen molar-refractivity contribution in [1.29, 1.82) is 0 Å². The van der Waals surface area contributed by atoms with Gasteiger partial charge in [-0.3, -0.25) is 4.72 Å². The minimum Gasteiger partial charge on any atom is -0.497 e. The van der Waals surface area contributed by atoms with Gasteiger partial charge in [-0.15, -0.1) is 0 Å². The van der Waals surface area contributed by atoms with E-state index in [0.29, 0.717) is 5.75 Å². The molecule has 11 heteroatoms. The summed E-state index contributed by atoms with van der Waals surface area (Å²) < 4.78 is 59.2. The predicted octanol–water partition coefficient (Wildman–Crippen LogP) is 2.09. The topological polar surface area (TPSA) is 127 Å². The molecule has 2 N–H and O–H groups in total. The average molecular weight is 420 g/mol. The fourth-order valence-corrected chi connectivity index (χ4v) is 4.22. The molecule has 0 aliphatic carbocycles. The molecule has 0 saturated heterocycles. The van der Waals surface area contributed by atoms with Crippen LogP contribution in [0.2, 0.25) is 0 Å². The van der Waals surface area contributed by atoms with Crippen LogP contribution in [0.3, 0.4) is 0 Å². The van der Waals surface area contributed by atoms with Gasteiger partial charge in [0.05, 0.1) is 16.9 Å². The van der Waals surface area contributed by atoms with Crippen LogP contribution >= 0.6 is 0 Å². The van der Waals surface area contributed by atoms with Crippen LogP contribution < -0.4 is 14.2 Å². The smallest absolute Gasteiger partial charge is 0.264 e. The minimum atomic E-state index is -3.90. The largest absolute Gasteiger partial charge is 0.497 e. The van der Waals surface area contributed by atoms with E-state index in [1.807, 2.05) is 0 Å². The highest BCUT2D eigenvalue weighted by Gasteiger charge is 2.17. The molecular formula is C17H16N4O5S2. The fraction of sp³-hybridized carbons (Fsp3) is 0.0588. The summed E-state index contributed by atoms with van der Waals surface area (Å²) in [5.74, 6) is 0.468. The third-order valence-corrected chi connectivity index (χ3v) is 6.32. The van der Waals surface area contributed by atoms with Gasteiger partial charge < -0.3 is 4.74 Å². The summed E-state index contributed by atoms with van der Waals surface area (Å²) in [6.45, 7) is 0. The molecule has 28 heavy (non-hydrogen) atoms. The Kier molecular flexibility index (Phi) is 5.47. The van der Waals surface area contributed by atoms with Crippen molar-refractivity contribution < 1.29 is 21.6 Å². The first-order valence-corrected chi connectivity index (χ1v) is 10.8. The predicted molar refractivity (Wildman–Crippen MR) is 103 cm³/mol. The maximum atomic E-state index is 12.4. The van der Waals surface area contributed by atoms with E-state index in [4.69, 9.17) is 4.74 Å². The van der Waals surface area contributed by atoms with Gasteiger partial charge in [0.15, 0.2) is 0 Å². The highest BCUT2D eigenvalue weighted by Crippen LogP contribution is 2.21. The van der Waals surface area contributed by atoms with Crippen LogP contribution in [0.25, 0.3) is 0 Å². The molecule has 0 unspecified atom stereocenters. The molecule has 1 heterocycles. The molecule has 3 aromatic rings. The second-order valence-corrected chi connectivity index (χ2v) is 8.85. The zero-order valence-electron chi connectivity index (χ0n) is 14.6. The summed E-state index contributed by atoms with van der Waals surface area (Å²) in [6.07, 6.45) is 2.81. The second-order valence-electron chi connectivity index (χ2n) is 5.48. The Labute approximate surface area is 162 Å². The van der Waals surface area contributed by atoms with Crippen LogP contribution in [0.15, 0.2) is 76.8 Å². The first-order valence-electron chi connectivity index (χ1n) is 7.87. The van der Waals surface area contributed by atoms with Crippen molar-refractivity contribution in [3.05, 3.63) is 67.0 Å². The van der Waals surface area contributed by atoms with Gasteiger partial charge in [0.1, 0.15) is 5.75 Å². The van der Waals surface area contributed by atoms with Crippen LogP contribution in [0.5, 0.6) is 5.75 Å². The molecule has 0 atom stereocenters. The van der Waals surface area contributed by atoms with E-state index >= 15 is 0 Å². The van der Waals surface area contributed by atoms with E-state index < -0.39 is 20.0 Å². The van der Waals surface area contributed by atoms with Crippen LogP contribution in [-0.2, 0) is 20.0 Å². The number of hydrogen-bond donors (Lipinski definition) is 2. The highest BCUT2D eigenvalue weighted by atomic mass is 32.2.